The van der Waals surface area contributed by atoms with Crippen LogP contribution in [-0.2, 0) is 4.74 Å². The summed E-state index contributed by atoms with van der Waals surface area (Å²) in [5, 5.41) is 9.08. The highest BCUT2D eigenvalue weighted by molar-refractivity contribution is 5.53. The van der Waals surface area contributed by atoms with Crippen LogP contribution in [0.15, 0.2) is 6.20 Å². The highest BCUT2D eigenvalue weighted by Crippen LogP contribution is 2.20. The van der Waals surface area contributed by atoms with E-state index in [0.717, 1.165) is 25.3 Å². The molecule has 2 rings (SSSR count). The van der Waals surface area contributed by atoms with Crippen LogP contribution in [0.4, 0.5) is 5.82 Å². The fraction of sp³-hybridized carbons (Fsp3) is 0.583. The first-order valence-corrected chi connectivity index (χ1v) is 5.85. The molecule has 0 aliphatic carbocycles. The minimum Gasteiger partial charge on any atom is -0.375 e. The number of hydrogen-bond acceptors (Lipinski definition) is 5. The molecule has 1 fully saturated rings. The van der Waals surface area contributed by atoms with E-state index in [0.29, 0.717) is 18.0 Å². The van der Waals surface area contributed by atoms with Crippen LogP contribution in [0, 0.1) is 18.3 Å². The SMILES string of the molecule is CCC1CN(c2nc(C)ncc2C#N)CCO1. The molecule has 1 atom stereocenters. The van der Waals surface area contributed by atoms with Crippen molar-refractivity contribution in [2.45, 2.75) is 26.4 Å². The standard InChI is InChI=1S/C12H16N4O/c1-3-11-8-16(4-5-17-11)12-10(6-13)7-14-9(2)15-12/h7,11H,3-5,8H2,1-2H3. The number of ether oxygens (including phenoxy) is 1. The van der Waals surface area contributed by atoms with E-state index < -0.39 is 0 Å². The summed E-state index contributed by atoms with van der Waals surface area (Å²) in [5.41, 5.74) is 0.535. The van der Waals surface area contributed by atoms with E-state index in [1.807, 2.05) is 6.92 Å². The number of hydrogen-bond donors (Lipinski definition) is 0. The summed E-state index contributed by atoms with van der Waals surface area (Å²) < 4.78 is 5.61. The van der Waals surface area contributed by atoms with Gasteiger partial charge in [-0.3, -0.25) is 0 Å². The molecule has 1 unspecified atom stereocenters. The molecule has 0 saturated carbocycles. The molecule has 2 heterocycles. The van der Waals surface area contributed by atoms with Crippen molar-refractivity contribution in [2.75, 3.05) is 24.6 Å². The Morgan fingerprint density at radius 3 is 3.18 bits per heavy atom. The summed E-state index contributed by atoms with van der Waals surface area (Å²) in [4.78, 5) is 10.5. The van der Waals surface area contributed by atoms with Crippen molar-refractivity contribution >= 4 is 5.82 Å². The second kappa shape index (κ2) is 5.11. The lowest BCUT2D eigenvalue weighted by atomic mass is 10.2. The van der Waals surface area contributed by atoms with Crippen molar-refractivity contribution in [3.8, 4) is 6.07 Å². The largest absolute Gasteiger partial charge is 0.375 e. The summed E-state index contributed by atoms with van der Waals surface area (Å²) >= 11 is 0. The fourth-order valence-corrected chi connectivity index (χ4v) is 1.94. The second-order valence-corrected chi connectivity index (χ2v) is 4.11. The number of rotatable bonds is 2. The van der Waals surface area contributed by atoms with Crippen LogP contribution in [0.25, 0.3) is 0 Å². The number of nitriles is 1. The highest BCUT2D eigenvalue weighted by Gasteiger charge is 2.22. The van der Waals surface area contributed by atoms with Gasteiger partial charge in [0.2, 0.25) is 0 Å². The quantitative estimate of drug-likeness (QED) is 0.768. The normalized spacial score (nSPS) is 20.1. The molecule has 0 amide bonds. The molecule has 0 aromatic carbocycles. The van der Waals surface area contributed by atoms with Gasteiger partial charge in [-0.1, -0.05) is 6.92 Å². The molecule has 1 aliphatic rings. The second-order valence-electron chi connectivity index (χ2n) is 4.11. The molecular formula is C12H16N4O. The Morgan fingerprint density at radius 2 is 2.47 bits per heavy atom. The molecule has 1 aromatic heterocycles. The van der Waals surface area contributed by atoms with E-state index in [9.17, 15) is 0 Å². The molecule has 0 N–H and O–H groups in total. The molecule has 0 radical (unpaired) electrons. The maximum atomic E-state index is 9.08. The van der Waals surface area contributed by atoms with E-state index in [1.54, 1.807) is 6.20 Å². The van der Waals surface area contributed by atoms with Crippen molar-refractivity contribution in [1.29, 1.82) is 5.26 Å². The third kappa shape index (κ3) is 2.53. The van der Waals surface area contributed by atoms with Gasteiger partial charge >= 0.3 is 0 Å². The van der Waals surface area contributed by atoms with Gasteiger partial charge in [0.1, 0.15) is 23.3 Å². The summed E-state index contributed by atoms with van der Waals surface area (Å²) in [6.07, 6.45) is 2.79. The third-order valence-electron chi connectivity index (χ3n) is 2.90. The molecule has 90 valence electrons. The Balaban J connectivity index is 2.27. The Bertz CT molecular complexity index is 441. The van der Waals surface area contributed by atoms with Crippen molar-refractivity contribution in [1.82, 2.24) is 9.97 Å². The van der Waals surface area contributed by atoms with Gasteiger partial charge in [-0.2, -0.15) is 5.26 Å². The lowest BCUT2D eigenvalue weighted by Gasteiger charge is -2.33. The maximum Gasteiger partial charge on any atom is 0.150 e. The molecule has 5 heteroatoms. The molecule has 0 bridgehead atoms. The topological polar surface area (TPSA) is 62.0 Å². The summed E-state index contributed by atoms with van der Waals surface area (Å²) in [6.45, 7) is 6.20. The van der Waals surface area contributed by atoms with Gasteiger partial charge in [0.25, 0.3) is 0 Å². The predicted molar refractivity (Wildman–Crippen MR) is 63.7 cm³/mol. The smallest absolute Gasteiger partial charge is 0.150 e. The zero-order valence-corrected chi connectivity index (χ0v) is 10.2. The Morgan fingerprint density at radius 1 is 1.65 bits per heavy atom. The van der Waals surface area contributed by atoms with Gasteiger partial charge in [0, 0.05) is 13.1 Å². The Hall–Kier alpha value is -1.67. The zero-order valence-electron chi connectivity index (χ0n) is 10.2. The lowest BCUT2D eigenvalue weighted by molar-refractivity contribution is 0.0381. The highest BCUT2D eigenvalue weighted by atomic mass is 16.5. The van der Waals surface area contributed by atoms with Gasteiger partial charge in [-0.25, -0.2) is 9.97 Å². The molecule has 17 heavy (non-hydrogen) atoms. The van der Waals surface area contributed by atoms with Gasteiger partial charge in [0.05, 0.1) is 18.9 Å². The minimum absolute atomic E-state index is 0.227. The van der Waals surface area contributed by atoms with Gasteiger partial charge in [-0.05, 0) is 13.3 Å². The third-order valence-corrected chi connectivity index (χ3v) is 2.90. The fourth-order valence-electron chi connectivity index (χ4n) is 1.94. The molecule has 1 saturated heterocycles. The first-order chi connectivity index (χ1) is 8.24. The van der Waals surface area contributed by atoms with Gasteiger partial charge in [0.15, 0.2) is 0 Å². The Kier molecular flexibility index (Phi) is 3.55. The lowest BCUT2D eigenvalue weighted by Crippen LogP contribution is -2.43. The maximum absolute atomic E-state index is 9.08. The number of aromatic nitrogens is 2. The molecule has 0 spiro atoms. The number of nitrogens with zero attached hydrogens (tertiary/aromatic N) is 4. The van der Waals surface area contributed by atoms with Crippen molar-refractivity contribution in [2.24, 2.45) is 0 Å². The zero-order chi connectivity index (χ0) is 12.3. The van der Waals surface area contributed by atoms with Gasteiger partial charge in [-0.15, -0.1) is 0 Å². The summed E-state index contributed by atoms with van der Waals surface area (Å²) in [7, 11) is 0. The van der Waals surface area contributed by atoms with E-state index in [-0.39, 0.29) is 6.10 Å². The van der Waals surface area contributed by atoms with Crippen LogP contribution in [-0.4, -0.2) is 35.8 Å². The summed E-state index contributed by atoms with van der Waals surface area (Å²) in [6, 6.07) is 2.15. The van der Waals surface area contributed by atoms with E-state index >= 15 is 0 Å². The number of anilines is 1. The van der Waals surface area contributed by atoms with Crippen molar-refractivity contribution < 1.29 is 4.74 Å². The molecule has 1 aromatic rings. The average Bonchev–Trinajstić information content (AvgIpc) is 2.39. The van der Waals surface area contributed by atoms with Crippen LogP contribution < -0.4 is 4.90 Å². The first kappa shape index (κ1) is 11.8. The van der Waals surface area contributed by atoms with Crippen LogP contribution in [0.2, 0.25) is 0 Å². The minimum atomic E-state index is 0.227. The van der Waals surface area contributed by atoms with E-state index in [2.05, 4.69) is 27.9 Å². The molecular weight excluding hydrogens is 216 g/mol. The predicted octanol–water partition coefficient (Wildman–Crippen LogP) is 1.27. The van der Waals surface area contributed by atoms with Crippen LogP contribution >= 0.6 is 0 Å². The van der Waals surface area contributed by atoms with Crippen molar-refractivity contribution in [3.63, 3.8) is 0 Å². The summed E-state index contributed by atoms with van der Waals surface area (Å²) in [5.74, 6) is 1.43. The number of morpholine rings is 1. The molecule has 5 nitrogen and oxygen atoms in total. The van der Waals surface area contributed by atoms with E-state index in [4.69, 9.17) is 10.00 Å². The van der Waals surface area contributed by atoms with Gasteiger partial charge < -0.3 is 9.64 Å². The van der Waals surface area contributed by atoms with E-state index in [1.165, 1.54) is 0 Å². The Labute approximate surface area is 101 Å². The van der Waals surface area contributed by atoms with Crippen molar-refractivity contribution in [3.05, 3.63) is 17.6 Å². The first-order valence-electron chi connectivity index (χ1n) is 5.85. The monoisotopic (exact) mass is 232 g/mol. The van der Waals surface area contributed by atoms with Crippen LogP contribution in [0.1, 0.15) is 24.7 Å². The molecule has 1 aliphatic heterocycles. The number of aryl methyl sites for hydroxylation is 1. The average molecular weight is 232 g/mol. The van der Waals surface area contributed by atoms with Crippen LogP contribution in [0.5, 0.6) is 0 Å². The van der Waals surface area contributed by atoms with Crippen LogP contribution in [0.3, 0.4) is 0 Å².